The number of para-hydroxylation sites is 1. The minimum absolute atomic E-state index is 0.0243. The van der Waals surface area contributed by atoms with Crippen LogP contribution in [0.1, 0.15) is 11.3 Å². The van der Waals surface area contributed by atoms with Gasteiger partial charge in [-0.2, -0.15) is 4.72 Å². The fraction of sp³-hybridized carbons (Fsp3) is 0.121. The molecule has 10 nitrogen and oxygen atoms in total. The van der Waals surface area contributed by atoms with Crippen LogP contribution in [0.25, 0.3) is 43.2 Å². The molecule has 0 saturated heterocycles. The molecule has 0 saturated carbocycles. The Labute approximate surface area is 252 Å². The number of imidazole rings is 1. The van der Waals surface area contributed by atoms with Crippen LogP contribution in [0.5, 0.6) is 0 Å². The first-order valence-corrected chi connectivity index (χ1v) is 15.6. The van der Waals surface area contributed by atoms with Crippen molar-refractivity contribution in [3.05, 3.63) is 109 Å². The van der Waals surface area contributed by atoms with Gasteiger partial charge in [-0.05, 0) is 51.0 Å². The van der Waals surface area contributed by atoms with Gasteiger partial charge in [-0.25, -0.2) is 13.4 Å². The predicted octanol–water partition coefficient (Wildman–Crippen LogP) is 3.89. The van der Waals surface area contributed by atoms with E-state index in [1.807, 2.05) is 60.7 Å². The summed E-state index contributed by atoms with van der Waals surface area (Å²) in [4.78, 5) is 36.2. The van der Waals surface area contributed by atoms with Crippen molar-refractivity contribution in [2.45, 2.75) is 29.8 Å². The van der Waals surface area contributed by atoms with Crippen molar-refractivity contribution < 1.29 is 18.0 Å². The van der Waals surface area contributed by atoms with Crippen LogP contribution in [0.2, 0.25) is 0 Å². The summed E-state index contributed by atoms with van der Waals surface area (Å²) in [6, 6.07) is 22.2. The van der Waals surface area contributed by atoms with E-state index in [0.29, 0.717) is 11.1 Å². The van der Waals surface area contributed by atoms with Gasteiger partial charge in [0.1, 0.15) is 12.1 Å². The van der Waals surface area contributed by atoms with Crippen molar-refractivity contribution >= 4 is 65.1 Å². The molecule has 2 aromatic heterocycles. The van der Waals surface area contributed by atoms with Gasteiger partial charge >= 0.3 is 0 Å². The third kappa shape index (κ3) is 4.91. The van der Waals surface area contributed by atoms with E-state index in [2.05, 4.69) is 25.0 Å². The van der Waals surface area contributed by atoms with Crippen molar-refractivity contribution in [1.29, 1.82) is 0 Å². The number of fused-ring (bicyclic) bond motifs is 1. The molecular formula is C33H28N6O4S. The lowest BCUT2D eigenvalue weighted by molar-refractivity contribution is -0.128. The summed E-state index contributed by atoms with van der Waals surface area (Å²) < 4.78 is 31.0. The summed E-state index contributed by atoms with van der Waals surface area (Å²) in [7, 11) is -4.25. The SMILES string of the molecule is NC(=O)C(Cc1cnc[nH]1)NC(=O)[C@H](Cc1c[nH]c2ccccc12)NS(=O)(=O)c1ccc2ccc3cccc4ccc1c2c34. The number of aromatic amines is 2. The molecule has 0 spiro atoms. The molecule has 2 amide bonds. The minimum atomic E-state index is -4.25. The Morgan fingerprint density at radius 2 is 1.52 bits per heavy atom. The maximum atomic E-state index is 14.2. The van der Waals surface area contributed by atoms with Crippen molar-refractivity contribution in [3.63, 3.8) is 0 Å². The third-order valence-corrected chi connectivity index (χ3v) is 9.66. The van der Waals surface area contributed by atoms with Crippen molar-refractivity contribution in [2.24, 2.45) is 5.73 Å². The standard InChI is InChI=1S/C33H28N6O4S/c34-32(40)27(15-23-17-35-18-37-23)38-33(41)28(14-22-16-36-26-7-2-1-6-24(22)26)39-44(42,43)29-13-11-21-9-8-19-4-3-5-20-10-12-25(29)31(21)30(19)20/h1-13,16-18,27-28,36,39H,14-15H2,(H2,34,40)(H,35,37)(H,38,41)/t27?,28-/m0/s1. The molecule has 0 fully saturated rings. The largest absolute Gasteiger partial charge is 0.368 e. The van der Waals surface area contributed by atoms with Crippen LogP contribution in [0.4, 0.5) is 0 Å². The molecule has 44 heavy (non-hydrogen) atoms. The second-order valence-corrected chi connectivity index (χ2v) is 12.6. The summed E-state index contributed by atoms with van der Waals surface area (Å²) in [5, 5.41) is 8.84. The lowest BCUT2D eigenvalue weighted by Crippen LogP contribution is -2.54. The first kappa shape index (κ1) is 27.6. The van der Waals surface area contributed by atoms with Gasteiger partial charge in [0, 0.05) is 40.8 Å². The molecule has 1 unspecified atom stereocenters. The number of carbonyl (C=O) groups excluding carboxylic acids is 2. The smallest absolute Gasteiger partial charge is 0.241 e. The zero-order valence-electron chi connectivity index (χ0n) is 23.4. The molecule has 5 aromatic carbocycles. The first-order chi connectivity index (χ1) is 21.3. The molecule has 6 N–H and O–H groups in total. The van der Waals surface area contributed by atoms with E-state index in [4.69, 9.17) is 5.73 Å². The highest BCUT2D eigenvalue weighted by Crippen LogP contribution is 2.37. The van der Waals surface area contributed by atoms with E-state index in [1.165, 1.54) is 12.5 Å². The van der Waals surface area contributed by atoms with E-state index >= 15 is 0 Å². The Bertz CT molecular complexity index is 2260. The fourth-order valence-corrected chi connectivity index (χ4v) is 7.41. The Morgan fingerprint density at radius 1 is 0.795 bits per heavy atom. The maximum absolute atomic E-state index is 14.2. The zero-order valence-corrected chi connectivity index (χ0v) is 24.2. The molecule has 0 radical (unpaired) electrons. The summed E-state index contributed by atoms with van der Waals surface area (Å²) in [5.74, 6) is -1.44. The number of nitrogens with one attached hydrogen (secondary N) is 4. The molecule has 220 valence electrons. The quantitative estimate of drug-likeness (QED) is 0.149. The minimum Gasteiger partial charge on any atom is -0.368 e. The molecule has 7 rings (SSSR count). The van der Waals surface area contributed by atoms with Gasteiger partial charge in [-0.1, -0.05) is 66.7 Å². The predicted molar refractivity (Wildman–Crippen MR) is 170 cm³/mol. The zero-order chi connectivity index (χ0) is 30.4. The summed E-state index contributed by atoms with van der Waals surface area (Å²) in [6.07, 6.45) is 4.84. The topological polar surface area (TPSA) is 163 Å². The molecule has 0 aliphatic heterocycles. The number of carbonyl (C=O) groups is 2. The number of hydrogen-bond acceptors (Lipinski definition) is 5. The fourth-order valence-electron chi connectivity index (χ4n) is 6.01. The maximum Gasteiger partial charge on any atom is 0.241 e. The van der Waals surface area contributed by atoms with Crippen molar-refractivity contribution in [3.8, 4) is 0 Å². The Hall–Kier alpha value is -5.26. The van der Waals surface area contributed by atoms with E-state index in [0.717, 1.165) is 43.4 Å². The highest BCUT2D eigenvalue weighted by Gasteiger charge is 2.31. The Balaban J connectivity index is 1.28. The number of sulfonamides is 1. The first-order valence-electron chi connectivity index (χ1n) is 14.1. The Kier molecular flexibility index (Phi) is 6.75. The molecule has 0 aliphatic rings. The van der Waals surface area contributed by atoms with Crippen LogP contribution >= 0.6 is 0 Å². The van der Waals surface area contributed by atoms with Crippen LogP contribution in [0.3, 0.4) is 0 Å². The molecule has 11 heteroatoms. The highest BCUT2D eigenvalue weighted by atomic mass is 32.2. The van der Waals surface area contributed by atoms with E-state index in [-0.39, 0.29) is 17.7 Å². The van der Waals surface area contributed by atoms with Crippen LogP contribution < -0.4 is 15.8 Å². The van der Waals surface area contributed by atoms with E-state index in [1.54, 1.807) is 24.4 Å². The average Bonchev–Trinajstić information content (AvgIpc) is 3.69. The van der Waals surface area contributed by atoms with Gasteiger partial charge in [-0.3, -0.25) is 9.59 Å². The Morgan fingerprint density at radius 3 is 2.27 bits per heavy atom. The number of nitrogens with zero attached hydrogens (tertiary/aromatic N) is 1. The second kappa shape index (κ2) is 10.8. The van der Waals surface area contributed by atoms with Crippen LogP contribution in [0.15, 0.2) is 102 Å². The number of aromatic nitrogens is 3. The summed E-state index contributed by atoms with van der Waals surface area (Å²) in [6.45, 7) is 0. The summed E-state index contributed by atoms with van der Waals surface area (Å²) in [5.41, 5.74) is 7.82. The number of nitrogens with two attached hydrogens (primary N) is 1. The molecule has 2 heterocycles. The molecule has 0 bridgehead atoms. The average molecular weight is 605 g/mol. The normalized spacial score (nSPS) is 13.5. The van der Waals surface area contributed by atoms with Gasteiger partial charge in [0.25, 0.3) is 0 Å². The number of H-pyrrole nitrogens is 2. The second-order valence-electron chi connectivity index (χ2n) is 10.9. The van der Waals surface area contributed by atoms with E-state index < -0.39 is 33.9 Å². The van der Waals surface area contributed by atoms with Gasteiger partial charge in [0.15, 0.2) is 0 Å². The number of hydrogen-bond donors (Lipinski definition) is 5. The van der Waals surface area contributed by atoms with Gasteiger partial charge in [0.05, 0.1) is 11.2 Å². The molecule has 0 aliphatic carbocycles. The van der Waals surface area contributed by atoms with Crippen molar-refractivity contribution in [2.75, 3.05) is 0 Å². The molecular weight excluding hydrogens is 576 g/mol. The lowest BCUT2D eigenvalue weighted by Gasteiger charge is -2.22. The summed E-state index contributed by atoms with van der Waals surface area (Å²) >= 11 is 0. The van der Waals surface area contributed by atoms with Crippen LogP contribution in [-0.2, 0) is 32.5 Å². The molecule has 2 atom stereocenters. The number of rotatable bonds is 10. The number of primary amides is 1. The van der Waals surface area contributed by atoms with Gasteiger partial charge in [0.2, 0.25) is 21.8 Å². The van der Waals surface area contributed by atoms with Crippen LogP contribution in [0, 0.1) is 0 Å². The highest BCUT2D eigenvalue weighted by molar-refractivity contribution is 7.89. The van der Waals surface area contributed by atoms with Gasteiger partial charge < -0.3 is 21.0 Å². The molecule has 7 aromatic rings. The van der Waals surface area contributed by atoms with Crippen molar-refractivity contribution in [1.82, 2.24) is 25.0 Å². The third-order valence-electron chi connectivity index (χ3n) is 8.13. The lowest BCUT2D eigenvalue weighted by atomic mass is 9.94. The number of benzene rings is 5. The van der Waals surface area contributed by atoms with Crippen LogP contribution in [-0.4, -0.2) is 47.3 Å². The van der Waals surface area contributed by atoms with E-state index in [9.17, 15) is 18.0 Å². The number of amides is 2. The monoisotopic (exact) mass is 604 g/mol. The van der Waals surface area contributed by atoms with Gasteiger partial charge in [-0.15, -0.1) is 0 Å².